The van der Waals surface area contributed by atoms with Gasteiger partial charge >= 0.3 is 4.87 Å². The first-order valence-corrected chi connectivity index (χ1v) is 7.45. The average Bonchev–Trinajstić information content (AvgIpc) is 2.65. The molecule has 0 spiro atoms. The normalized spacial score (nSPS) is 12.1. The third kappa shape index (κ3) is 2.56. The smallest absolute Gasteiger partial charge is 0.305 e. The Morgan fingerprint density at radius 3 is 2.88 bits per heavy atom. The molecule has 1 aromatic heterocycles. The molecule has 0 saturated carbocycles. The van der Waals surface area contributed by atoms with Crippen LogP contribution in [0.25, 0.3) is 10.2 Å². The number of aromatic nitrogens is 1. The highest BCUT2D eigenvalue weighted by Gasteiger charge is 2.14. The van der Waals surface area contributed by atoms with Crippen LogP contribution in [0.5, 0.6) is 0 Å². The van der Waals surface area contributed by atoms with Gasteiger partial charge in [-0.1, -0.05) is 18.3 Å². The van der Waals surface area contributed by atoms with Crippen LogP contribution >= 0.6 is 11.3 Å². The Hall–Kier alpha value is -1.18. The van der Waals surface area contributed by atoms with Gasteiger partial charge in [0, 0.05) is 6.54 Å². The fourth-order valence-corrected chi connectivity index (χ4v) is 3.42. The molecule has 0 amide bonds. The minimum atomic E-state index is -3.46. The Morgan fingerprint density at radius 2 is 2.18 bits per heavy atom. The minimum Gasteiger partial charge on any atom is -0.312 e. The van der Waals surface area contributed by atoms with Crippen molar-refractivity contribution in [2.45, 2.75) is 18.2 Å². The van der Waals surface area contributed by atoms with Crippen LogP contribution in [0, 0.1) is 0 Å². The lowest BCUT2D eigenvalue weighted by atomic mass is 10.3. The molecule has 0 radical (unpaired) electrons. The lowest BCUT2D eigenvalue weighted by Gasteiger charge is -2.04. The molecule has 2 rings (SSSR count). The summed E-state index contributed by atoms with van der Waals surface area (Å²) in [4.78, 5) is 13.8. The molecule has 0 aliphatic heterocycles. The summed E-state index contributed by atoms with van der Waals surface area (Å²) in [7, 11) is -3.46. The maximum atomic E-state index is 11.8. The quantitative estimate of drug-likeness (QED) is 0.880. The van der Waals surface area contributed by atoms with Gasteiger partial charge in [-0.25, -0.2) is 13.1 Å². The summed E-state index contributed by atoms with van der Waals surface area (Å²) >= 11 is 1.00. The summed E-state index contributed by atoms with van der Waals surface area (Å²) in [6.45, 7) is 2.30. The number of hydrogen-bond acceptors (Lipinski definition) is 4. The van der Waals surface area contributed by atoms with Crippen LogP contribution in [0.2, 0.25) is 0 Å². The molecule has 0 unspecified atom stereocenters. The number of sulfonamides is 1. The highest BCUT2D eigenvalue weighted by atomic mass is 32.2. The van der Waals surface area contributed by atoms with Crippen molar-refractivity contribution in [1.29, 1.82) is 0 Å². The standard InChI is InChI=1S/C10H12N2O3S2/c1-2-5-11-17(14,15)7-3-4-8-9(6-7)16-10(13)12-8/h3-4,6,11H,2,5H2,1H3,(H,12,13). The number of thiazole rings is 1. The summed E-state index contributed by atoms with van der Waals surface area (Å²) in [5, 5.41) is 0. The zero-order chi connectivity index (χ0) is 12.5. The number of rotatable bonds is 4. The molecule has 92 valence electrons. The number of nitrogens with one attached hydrogen (secondary N) is 2. The highest BCUT2D eigenvalue weighted by Crippen LogP contribution is 2.19. The predicted molar refractivity (Wildman–Crippen MR) is 67.9 cm³/mol. The first-order chi connectivity index (χ1) is 8.03. The Labute approximate surface area is 103 Å². The first kappa shape index (κ1) is 12.3. The fourth-order valence-electron chi connectivity index (χ4n) is 1.41. The lowest BCUT2D eigenvalue weighted by Crippen LogP contribution is -2.24. The molecule has 0 atom stereocenters. The summed E-state index contributed by atoms with van der Waals surface area (Å²) in [5.74, 6) is 0. The van der Waals surface area contributed by atoms with Crippen LogP contribution in [0.4, 0.5) is 0 Å². The van der Waals surface area contributed by atoms with Crippen molar-refractivity contribution in [2.24, 2.45) is 0 Å². The summed E-state index contributed by atoms with van der Waals surface area (Å²) in [6, 6.07) is 4.60. The van der Waals surface area contributed by atoms with Gasteiger partial charge in [-0.3, -0.25) is 4.79 Å². The molecule has 0 saturated heterocycles. The van der Waals surface area contributed by atoms with Crippen molar-refractivity contribution in [3.8, 4) is 0 Å². The third-order valence-corrected chi connectivity index (χ3v) is 4.55. The Balaban J connectivity index is 2.45. The van der Waals surface area contributed by atoms with E-state index in [1.54, 1.807) is 6.07 Å². The van der Waals surface area contributed by atoms with E-state index in [0.717, 1.165) is 17.8 Å². The molecule has 0 aliphatic carbocycles. The van der Waals surface area contributed by atoms with Crippen molar-refractivity contribution in [3.63, 3.8) is 0 Å². The van der Waals surface area contributed by atoms with E-state index in [2.05, 4.69) is 9.71 Å². The van der Waals surface area contributed by atoms with Crippen molar-refractivity contribution in [3.05, 3.63) is 27.9 Å². The number of benzene rings is 1. The van der Waals surface area contributed by atoms with Gasteiger partial charge in [0.25, 0.3) is 0 Å². The topological polar surface area (TPSA) is 79.0 Å². The molecule has 7 heteroatoms. The van der Waals surface area contributed by atoms with Crippen molar-refractivity contribution in [2.75, 3.05) is 6.54 Å². The lowest BCUT2D eigenvalue weighted by molar-refractivity contribution is 0.581. The fraction of sp³-hybridized carbons (Fsp3) is 0.300. The molecular formula is C10H12N2O3S2. The van der Waals surface area contributed by atoms with Crippen LogP contribution in [0.1, 0.15) is 13.3 Å². The summed E-state index contributed by atoms with van der Waals surface area (Å²) in [5.41, 5.74) is 0.662. The Morgan fingerprint density at radius 1 is 1.41 bits per heavy atom. The van der Waals surface area contributed by atoms with E-state index >= 15 is 0 Å². The third-order valence-electron chi connectivity index (χ3n) is 2.24. The highest BCUT2D eigenvalue weighted by molar-refractivity contribution is 7.89. The molecule has 0 bridgehead atoms. The van der Waals surface area contributed by atoms with Crippen LogP contribution in [-0.4, -0.2) is 19.9 Å². The van der Waals surface area contributed by atoms with Gasteiger partial charge in [0.1, 0.15) is 0 Å². The Bertz CT molecular complexity index is 685. The molecule has 0 aliphatic rings. The second-order valence-electron chi connectivity index (χ2n) is 3.57. The minimum absolute atomic E-state index is 0.184. The van der Waals surface area contributed by atoms with Gasteiger partial charge < -0.3 is 4.98 Å². The van der Waals surface area contributed by atoms with Crippen molar-refractivity contribution >= 4 is 31.6 Å². The van der Waals surface area contributed by atoms with Gasteiger partial charge in [0.2, 0.25) is 10.0 Å². The van der Waals surface area contributed by atoms with Gasteiger partial charge in [-0.05, 0) is 24.6 Å². The maximum absolute atomic E-state index is 11.8. The maximum Gasteiger partial charge on any atom is 0.305 e. The van der Waals surface area contributed by atoms with E-state index in [0.29, 0.717) is 16.8 Å². The molecule has 2 aromatic rings. The van der Waals surface area contributed by atoms with E-state index in [9.17, 15) is 13.2 Å². The van der Waals surface area contributed by atoms with Crippen LogP contribution in [0.3, 0.4) is 0 Å². The van der Waals surface area contributed by atoms with Gasteiger partial charge in [0.15, 0.2) is 0 Å². The van der Waals surface area contributed by atoms with E-state index < -0.39 is 10.0 Å². The predicted octanol–water partition coefficient (Wildman–Crippen LogP) is 1.28. The van der Waals surface area contributed by atoms with Crippen molar-refractivity contribution in [1.82, 2.24) is 9.71 Å². The number of H-pyrrole nitrogens is 1. The van der Waals surface area contributed by atoms with E-state index in [4.69, 9.17) is 0 Å². The average molecular weight is 272 g/mol. The molecule has 17 heavy (non-hydrogen) atoms. The molecular weight excluding hydrogens is 260 g/mol. The van der Waals surface area contributed by atoms with E-state index in [1.165, 1.54) is 12.1 Å². The SMILES string of the molecule is CCCNS(=O)(=O)c1ccc2[nH]c(=O)sc2c1. The van der Waals surface area contributed by atoms with E-state index in [-0.39, 0.29) is 9.77 Å². The Kier molecular flexibility index (Phi) is 3.32. The second kappa shape index (κ2) is 4.59. The second-order valence-corrected chi connectivity index (χ2v) is 6.35. The summed E-state index contributed by atoms with van der Waals surface area (Å²) < 4.78 is 26.8. The monoisotopic (exact) mass is 272 g/mol. The summed E-state index contributed by atoms with van der Waals surface area (Å²) in [6.07, 6.45) is 0.735. The van der Waals surface area contributed by atoms with Gasteiger partial charge in [-0.2, -0.15) is 0 Å². The van der Waals surface area contributed by atoms with E-state index in [1.807, 2.05) is 6.92 Å². The first-order valence-electron chi connectivity index (χ1n) is 5.15. The van der Waals surface area contributed by atoms with Crippen LogP contribution in [-0.2, 0) is 10.0 Å². The molecule has 1 heterocycles. The molecule has 1 aromatic carbocycles. The number of hydrogen-bond donors (Lipinski definition) is 2. The van der Waals surface area contributed by atoms with Crippen molar-refractivity contribution < 1.29 is 8.42 Å². The number of fused-ring (bicyclic) bond motifs is 1. The molecule has 5 nitrogen and oxygen atoms in total. The largest absolute Gasteiger partial charge is 0.312 e. The van der Waals surface area contributed by atoms with Crippen LogP contribution in [0.15, 0.2) is 27.9 Å². The number of aromatic amines is 1. The zero-order valence-corrected chi connectivity index (χ0v) is 10.8. The molecule has 2 N–H and O–H groups in total. The van der Waals surface area contributed by atoms with Gasteiger partial charge in [-0.15, -0.1) is 0 Å². The zero-order valence-electron chi connectivity index (χ0n) is 9.19. The van der Waals surface area contributed by atoms with Crippen LogP contribution < -0.4 is 9.60 Å². The molecule has 0 fully saturated rings. The van der Waals surface area contributed by atoms with Gasteiger partial charge in [0.05, 0.1) is 15.1 Å².